The molecule has 4 aromatic carbocycles. The van der Waals surface area contributed by atoms with Gasteiger partial charge in [0, 0.05) is 11.6 Å². The number of aliphatic carboxylic acids is 1. The number of ether oxygens (including phenoxy) is 1. The number of carbonyl (C=O) groups is 2. The predicted octanol–water partition coefficient (Wildman–Crippen LogP) is 7.66. The Morgan fingerprint density at radius 3 is 2.12 bits per heavy atom. The molecule has 0 aliphatic heterocycles. The van der Waals surface area contributed by atoms with Crippen molar-refractivity contribution in [3.8, 4) is 22.6 Å². The van der Waals surface area contributed by atoms with Crippen molar-refractivity contribution in [3.05, 3.63) is 126 Å². The molecule has 0 saturated heterocycles. The maximum atomic E-state index is 13.1. The average molecular weight is 557 g/mol. The van der Waals surface area contributed by atoms with E-state index in [1.807, 2.05) is 42.5 Å². The van der Waals surface area contributed by atoms with Crippen LogP contribution in [0.4, 0.5) is 13.2 Å². The van der Waals surface area contributed by atoms with Crippen molar-refractivity contribution in [2.45, 2.75) is 18.6 Å². The monoisotopic (exact) mass is 556 g/mol. The summed E-state index contributed by atoms with van der Waals surface area (Å²) in [5, 5.41) is 13.6. The fourth-order valence-electron chi connectivity index (χ4n) is 4.35. The van der Waals surface area contributed by atoms with Crippen LogP contribution in [0.15, 0.2) is 109 Å². The van der Waals surface area contributed by atoms with Gasteiger partial charge in [0.2, 0.25) is 0 Å². The van der Waals surface area contributed by atoms with E-state index in [9.17, 15) is 27.9 Å². The summed E-state index contributed by atoms with van der Waals surface area (Å²) in [6.07, 6.45) is -3.26. The molecule has 2 N–H and O–H groups in total. The van der Waals surface area contributed by atoms with E-state index in [4.69, 9.17) is 4.74 Å². The van der Waals surface area contributed by atoms with Gasteiger partial charge in [-0.3, -0.25) is 14.6 Å². The van der Waals surface area contributed by atoms with Gasteiger partial charge >= 0.3 is 12.1 Å². The average Bonchev–Trinajstić information content (AvgIpc) is 2.96. The van der Waals surface area contributed by atoms with Crippen LogP contribution in [0, 0.1) is 0 Å². The summed E-state index contributed by atoms with van der Waals surface area (Å²) in [4.78, 5) is 29.0. The topological polar surface area (TPSA) is 88.5 Å². The first-order valence-corrected chi connectivity index (χ1v) is 12.6. The van der Waals surface area contributed by atoms with Gasteiger partial charge in [-0.25, -0.2) is 0 Å². The number of benzene rings is 4. The van der Waals surface area contributed by atoms with Crippen molar-refractivity contribution >= 4 is 22.6 Å². The number of nitrogens with one attached hydrogen (secondary N) is 1. The molecule has 5 rings (SSSR count). The number of pyridine rings is 1. The summed E-state index contributed by atoms with van der Waals surface area (Å²) in [6, 6.07) is 27.1. The lowest BCUT2D eigenvalue weighted by molar-refractivity contribution is -0.138. The minimum absolute atomic E-state index is 0.0699. The fraction of sp³-hybridized carbons (Fsp3) is 0.0938. The number of carboxylic acid groups (broad SMARTS) is 1. The Morgan fingerprint density at radius 1 is 0.805 bits per heavy atom. The Balaban J connectivity index is 1.34. The van der Waals surface area contributed by atoms with E-state index in [1.165, 1.54) is 18.3 Å². The maximum absolute atomic E-state index is 13.1. The number of nitrogens with zero attached hydrogens (tertiary/aromatic N) is 1. The molecular formula is C32H23F3N2O4. The van der Waals surface area contributed by atoms with E-state index in [2.05, 4.69) is 10.3 Å². The number of hydrogen-bond donors (Lipinski definition) is 2. The Labute approximate surface area is 233 Å². The van der Waals surface area contributed by atoms with Crippen LogP contribution >= 0.6 is 0 Å². The molecule has 41 heavy (non-hydrogen) atoms. The summed E-state index contributed by atoms with van der Waals surface area (Å²) in [6.45, 7) is 0. The second-order valence-electron chi connectivity index (χ2n) is 9.31. The Kier molecular flexibility index (Phi) is 7.69. The zero-order valence-corrected chi connectivity index (χ0v) is 21.4. The van der Waals surface area contributed by atoms with E-state index in [0.29, 0.717) is 22.1 Å². The zero-order valence-electron chi connectivity index (χ0n) is 21.4. The highest BCUT2D eigenvalue weighted by atomic mass is 19.4. The number of alkyl halides is 3. The molecule has 0 aliphatic rings. The van der Waals surface area contributed by atoms with Gasteiger partial charge < -0.3 is 15.2 Å². The first-order valence-electron chi connectivity index (χ1n) is 12.6. The van der Waals surface area contributed by atoms with Crippen LogP contribution in [0.25, 0.3) is 21.9 Å². The summed E-state index contributed by atoms with van der Waals surface area (Å²) in [5.74, 6) is -1.05. The Hall–Kier alpha value is -5.18. The number of fused-ring (bicyclic) bond motifs is 1. The molecule has 1 unspecified atom stereocenters. The smallest absolute Gasteiger partial charge is 0.416 e. The van der Waals surface area contributed by atoms with Crippen molar-refractivity contribution in [3.63, 3.8) is 0 Å². The van der Waals surface area contributed by atoms with E-state index in [0.717, 1.165) is 23.3 Å². The molecule has 0 spiro atoms. The summed E-state index contributed by atoms with van der Waals surface area (Å²) < 4.78 is 44.2. The molecule has 0 bridgehead atoms. The molecule has 6 nitrogen and oxygen atoms in total. The van der Waals surface area contributed by atoms with Gasteiger partial charge in [-0.15, -0.1) is 0 Å². The fourth-order valence-corrected chi connectivity index (χ4v) is 4.35. The van der Waals surface area contributed by atoms with Crippen LogP contribution < -0.4 is 10.1 Å². The third kappa shape index (κ3) is 6.70. The van der Waals surface area contributed by atoms with Gasteiger partial charge in [-0.05, 0) is 70.6 Å². The second kappa shape index (κ2) is 11.5. The number of aromatic nitrogens is 1. The lowest BCUT2D eigenvalue weighted by atomic mass is 9.99. The molecule has 1 amide bonds. The molecule has 1 atom stereocenters. The molecule has 5 aromatic rings. The number of rotatable bonds is 8. The Bertz CT molecular complexity index is 1690. The quantitative estimate of drug-likeness (QED) is 0.205. The van der Waals surface area contributed by atoms with E-state index in [1.54, 1.807) is 36.4 Å². The molecule has 0 fully saturated rings. The lowest BCUT2D eigenvalue weighted by Gasteiger charge is -2.18. The van der Waals surface area contributed by atoms with Crippen LogP contribution in [-0.2, 0) is 11.0 Å². The number of carboxylic acids is 1. The number of amides is 1. The molecule has 0 saturated carbocycles. The predicted molar refractivity (Wildman–Crippen MR) is 148 cm³/mol. The van der Waals surface area contributed by atoms with Gasteiger partial charge in [0.05, 0.1) is 18.0 Å². The highest BCUT2D eigenvalue weighted by Crippen LogP contribution is 2.32. The molecule has 0 radical (unpaired) electrons. The SMILES string of the molecule is O=C(O)CC(NC(=O)c1cc2cc(Oc3ccc(C(F)(F)F)cc3)ccc2cn1)c1ccc(-c2ccccc2)cc1. The lowest BCUT2D eigenvalue weighted by Crippen LogP contribution is -2.30. The van der Waals surface area contributed by atoms with Crippen molar-refractivity contribution in [2.24, 2.45) is 0 Å². The van der Waals surface area contributed by atoms with E-state index >= 15 is 0 Å². The molecule has 206 valence electrons. The third-order valence-electron chi connectivity index (χ3n) is 6.45. The number of halogens is 3. The van der Waals surface area contributed by atoms with E-state index < -0.39 is 29.7 Å². The van der Waals surface area contributed by atoms with Gasteiger partial charge in [-0.2, -0.15) is 13.2 Å². The first kappa shape index (κ1) is 27.4. The minimum Gasteiger partial charge on any atom is -0.481 e. The van der Waals surface area contributed by atoms with Crippen molar-refractivity contribution in [1.82, 2.24) is 10.3 Å². The van der Waals surface area contributed by atoms with Crippen LogP contribution in [0.2, 0.25) is 0 Å². The van der Waals surface area contributed by atoms with Crippen LogP contribution in [0.3, 0.4) is 0 Å². The molecular weight excluding hydrogens is 533 g/mol. The standard InChI is InChI=1S/C32H23F3N2O4/c33-32(34,35)25-11-14-26(15-12-25)41-27-13-10-23-19-36-29(17-24(23)16-27)31(40)37-28(18-30(38)39)22-8-6-21(7-9-22)20-4-2-1-3-5-20/h1-17,19,28H,18H2,(H,37,40)(H,38,39). The summed E-state index contributed by atoms with van der Waals surface area (Å²) in [7, 11) is 0. The molecule has 0 aliphatic carbocycles. The zero-order chi connectivity index (χ0) is 29.0. The molecule has 1 heterocycles. The third-order valence-corrected chi connectivity index (χ3v) is 6.45. The normalized spacial score (nSPS) is 12.1. The first-order chi connectivity index (χ1) is 19.7. The summed E-state index contributed by atoms with van der Waals surface area (Å²) in [5.41, 5.74) is 1.90. The van der Waals surface area contributed by atoms with Crippen LogP contribution in [0.1, 0.15) is 34.1 Å². The van der Waals surface area contributed by atoms with Gasteiger partial charge in [0.25, 0.3) is 5.91 Å². The van der Waals surface area contributed by atoms with E-state index in [-0.39, 0.29) is 17.9 Å². The maximum Gasteiger partial charge on any atom is 0.416 e. The summed E-state index contributed by atoms with van der Waals surface area (Å²) >= 11 is 0. The number of carbonyl (C=O) groups excluding carboxylic acids is 1. The Morgan fingerprint density at radius 2 is 1.46 bits per heavy atom. The highest BCUT2D eigenvalue weighted by Gasteiger charge is 2.30. The van der Waals surface area contributed by atoms with Crippen molar-refractivity contribution in [1.29, 1.82) is 0 Å². The molecule has 9 heteroatoms. The van der Waals surface area contributed by atoms with Gasteiger partial charge in [0.1, 0.15) is 17.2 Å². The van der Waals surface area contributed by atoms with Crippen LogP contribution in [-0.4, -0.2) is 22.0 Å². The van der Waals surface area contributed by atoms with Gasteiger partial charge in [-0.1, -0.05) is 54.6 Å². The van der Waals surface area contributed by atoms with Crippen LogP contribution in [0.5, 0.6) is 11.5 Å². The van der Waals surface area contributed by atoms with Crippen molar-refractivity contribution in [2.75, 3.05) is 0 Å². The second-order valence-corrected chi connectivity index (χ2v) is 9.31. The highest BCUT2D eigenvalue weighted by molar-refractivity contribution is 5.97. The number of hydrogen-bond acceptors (Lipinski definition) is 4. The molecule has 1 aromatic heterocycles. The van der Waals surface area contributed by atoms with Gasteiger partial charge in [0.15, 0.2) is 0 Å². The van der Waals surface area contributed by atoms with Crippen molar-refractivity contribution < 1.29 is 32.6 Å². The minimum atomic E-state index is -4.44. The largest absolute Gasteiger partial charge is 0.481 e.